The molecular weight excluding hydrogens is 539 g/mol. The molecule has 0 heterocycles. The summed E-state index contributed by atoms with van der Waals surface area (Å²) in [5, 5.41) is 8.09. The quantitative estimate of drug-likeness (QED) is 0.126. The van der Waals surface area contributed by atoms with E-state index in [9.17, 15) is 24.0 Å². The first-order valence-corrected chi connectivity index (χ1v) is 13.0. The van der Waals surface area contributed by atoms with Gasteiger partial charge in [-0.15, -0.1) is 0 Å². The number of Topliss-reactive ketones (excluding diaryl/α,β-unsaturated/α-hetero) is 2. The summed E-state index contributed by atoms with van der Waals surface area (Å²) in [4.78, 5) is 60.5. The van der Waals surface area contributed by atoms with E-state index in [1.165, 1.54) is 0 Å². The molecule has 0 aliphatic rings. The van der Waals surface area contributed by atoms with E-state index >= 15 is 0 Å². The highest BCUT2D eigenvalue weighted by molar-refractivity contribution is 14.1. The van der Waals surface area contributed by atoms with Crippen molar-refractivity contribution < 1.29 is 24.0 Å². The Bertz CT molecular complexity index is 676. The molecule has 0 fully saturated rings. The van der Waals surface area contributed by atoms with Crippen LogP contribution in [0.1, 0.15) is 73.1 Å². The molecule has 2 atom stereocenters. The number of hydrogen-bond donors (Lipinski definition) is 4. The molecule has 190 valence electrons. The van der Waals surface area contributed by atoms with Crippen molar-refractivity contribution >= 4 is 52.0 Å². The highest BCUT2D eigenvalue weighted by Gasteiger charge is 2.33. The number of nitrogens with two attached hydrogens (primary N) is 1. The SMILES string of the molecule is CC(C)[C@H](NC(=O)CCCCNC(=O)CI)C(=O)C[C@@H](CCCNC(N)=O)C(=O)C(C)(C)C. The van der Waals surface area contributed by atoms with Crippen LogP contribution in [0.2, 0.25) is 0 Å². The van der Waals surface area contributed by atoms with Crippen molar-refractivity contribution in [2.45, 2.75) is 79.2 Å². The number of urea groups is 1. The molecule has 0 bridgehead atoms. The van der Waals surface area contributed by atoms with Gasteiger partial charge >= 0.3 is 6.03 Å². The Hall–Kier alpha value is -1.72. The lowest BCUT2D eigenvalue weighted by molar-refractivity contribution is -0.135. The minimum absolute atomic E-state index is 0.0164. The molecule has 0 saturated carbocycles. The van der Waals surface area contributed by atoms with E-state index in [2.05, 4.69) is 16.0 Å². The van der Waals surface area contributed by atoms with E-state index in [1.807, 2.05) is 57.2 Å². The predicted molar refractivity (Wildman–Crippen MR) is 137 cm³/mol. The molecule has 4 amide bonds. The second-order valence-electron chi connectivity index (χ2n) is 9.64. The van der Waals surface area contributed by atoms with Crippen molar-refractivity contribution in [2.24, 2.45) is 23.0 Å². The Morgan fingerprint density at radius 2 is 1.52 bits per heavy atom. The fourth-order valence-corrected chi connectivity index (χ4v) is 3.69. The third-order valence-electron chi connectivity index (χ3n) is 5.19. The molecule has 0 saturated heterocycles. The molecule has 9 nitrogen and oxygen atoms in total. The highest BCUT2D eigenvalue weighted by atomic mass is 127. The van der Waals surface area contributed by atoms with E-state index in [0.29, 0.717) is 43.2 Å². The standard InChI is InChI=1S/C23H41IN4O5/c1-15(2)20(28-18(30)10-6-7-11-26-19(31)14-24)17(29)13-16(21(32)23(3,4)5)9-8-12-27-22(25)33/h15-16,20H,6-14H2,1-5H3,(H,26,31)(H,28,30)(H3,25,27,33)/t16-,20+/m1/s1. The van der Waals surface area contributed by atoms with Gasteiger partial charge in [0, 0.05) is 37.3 Å². The Kier molecular flexibility index (Phi) is 15.2. The van der Waals surface area contributed by atoms with Gasteiger partial charge in [0.2, 0.25) is 11.8 Å². The van der Waals surface area contributed by atoms with E-state index < -0.39 is 23.4 Å². The molecule has 0 aromatic rings. The summed E-state index contributed by atoms with van der Waals surface area (Å²) >= 11 is 1.99. The molecule has 0 aliphatic heterocycles. The molecule has 10 heteroatoms. The summed E-state index contributed by atoms with van der Waals surface area (Å²) in [6.45, 7) is 10.0. The lowest BCUT2D eigenvalue weighted by atomic mass is 9.78. The number of carbonyl (C=O) groups is 5. The number of amides is 4. The van der Waals surface area contributed by atoms with E-state index in [1.54, 1.807) is 0 Å². The summed E-state index contributed by atoms with van der Waals surface area (Å²) in [7, 11) is 0. The summed E-state index contributed by atoms with van der Waals surface area (Å²) in [5.41, 5.74) is 4.47. The number of halogens is 1. The van der Waals surface area contributed by atoms with E-state index in [-0.39, 0.29) is 42.1 Å². The average Bonchev–Trinajstić information content (AvgIpc) is 2.71. The normalized spacial score (nSPS) is 13.2. The van der Waals surface area contributed by atoms with Gasteiger partial charge in [-0.3, -0.25) is 19.2 Å². The number of primary amides is 1. The van der Waals surface area contributed by atoms with Crippen LogP contribution in [0.3, 0.4) is 0 Å². The number of carbonyl (C=O) groups excluding carboxylic acids is 5. The van der Waals surface area contributed by atoms with Gasteiger partial charge < -0.3 is 21.7 Å². The highest BCUT2D eigenvalue weighted by Crippen LogP contribution is 2.26. The zero-order valence-corrected chi connectivity index (χ0v) is 22.8. The van der Waals surface area contributed by atoms with E-state index in [4.69, 9.17) is 5.73 Å². The number of nitrogens with one attached hydrogen (secondary N) is 3. The maximum Gasteiger partial charge on any atom is 0.312 e. The third kappa shape index (κ3) is 14.2. The topological polar surface area (TPSA) is 147 Å². The molecule has 0 spiro atoms. The van der Waals surface area contributed by atoms with Gasteiger partial charge in [-0.1, -0.05) is 57.2 Å². The minimum atomic E-state index is -0.671. The third-order valence-corrected chi connectivity index (χ3v) is 5.88. The molecule has 33 heavy (non-hydrogen) atoms. The molecule has 0 aliphatic carbocycles. The molecular formula is C23H41IN4O5. The first kappa shape index (κ1) is 31.3. The zero-order valence-electron chi connectivity index (χ0n) is 20.6. The van der Waals surface area contributed by atoms with Crippen LogP contribution in [0.4, 0.5) is 4.79 Å². The van der Waals surface area contributed by atoms with Crippen LogP contribution in [-0.2, 0) is 19.2 Å². The van der Waals surface area contributed by atoms with Crippen LogP contribution < -0.4 is 21.7 Å². The summed E-state index contributed by atoms with van der Waals surface area (Å²) < 4.78 is 0.400. The smallest absolute Gasteiger partial charge is 0.312 e. The first-order chi connectivity index (χ1) is 15.3. The van der Waals surface area contributed by atoms with Gasteiger partial charge in [0.25, 0.3) is 0 Å². The average molecular weight is 581 g/mol. The monoisotopic (exact) mass is 580 g/mol. The van der Waals surface area contributed by atoms with Gasteiger partial charge in [-0.25, -0.2) is 4.79 Å². The van der Waals surface area contributed by atoms with E-state index in [0.717, 1.165) is 0 Å². The minimum Gasteiger partial charge on any atom is -0.355 e. The summed E-state index contributed by atoms with van der Waals surface area (Å²) in [5.74, 6) is -1.05. The number of unbranched alkanes of at least 4 members (excludes halogenated alkanes) is 1. The Balaban J connectivity index is 4.92. The summed E-state index contributed by atoms with van der Waals surface area (Å²) in [6.07, 6.45) is 2.55. The van der Waals surface area contributed by atoms with Crippen molar-refractivity contribution in [2.75, 3.05) is 17.5 Å². The maximum absolute atomic E-state index is 13.1. The van der Waals surface area contributed by atoms with Gasteiger partial charge in [0.1, 0.15) is 5.78 Å². The number of alkyl halides is 1. The second-order valence-corrected chi connectivity index (χ2v) is 10.4. The van der Waals surface area contributed by atoms with Gasteiger partial charge in [-0.05, 0) is 31.6 Å². The second kappa shape index (κ2) is 16.0. The maximum atomic E-state index is 13.1. The lowest BCUT2D eigenvalue weighted by Gasteiger charge is -2.27. The Morgan fingerprint density at radius 1 is 0.909 bits per heavy atom. The molecule has 5 N–H and O–H groups in total. The van der Waals surface area contributed by atoms with Crippen LogP contribution in [0.15, 0.2) is 0 Å². The molecule has 0 radical (unpaired) electrons. The van der Waals surface area contributed by atoms with Gasteiger partial charge in [0.05, 0.1) is 10.5 Å². The van der Waals surface area contributed by atoms with Crippen molar-refractivity contribution in [3.63, 3.8) is 0 Å². The van der Waals surface area contributed by atoms with Crippen LogP contribution in [0.5, 0.6) is 0 Å². The Morgan fingerprint density at radius 3 is 2.03 bits per heavy atom. The van der Waals surface area contributed by atoms with Gasteiger partial charge in [-0.2, -0.15) is 0 Å². The van der Waals surface area contributed by atoms with Crippen LogP contribution >= 0.6 is 22.6 Å². The fourth-order valence-electron chi connectivity index (χ4n) is 3.42. The molecule has 0 aromatic heterocycles. The largest absolute Gasteiger partial charge is 0.355 e. The van der Waals surface area contributed by atoms with Crippen molar-refractivity contribution in [1.29, 1.82) is 0 Å². The number of rotatable bonds is 16. The number of hydrogen-bond acceptors (Lipinski definition) is 5. The molecule has 0 aromatic carbocycles. The molecule has 0 rings (SSSR count). The van der Waals surface area contributed by atoms with Gasteiger partial charge in [0.15, 0.2) is 5.78 Å². The van der Waals surface area contributed by atoms with Crippen molar-refractivity contribution in [1.82, 2.24) is 16.0 Å². The Labute approximate surface area is 211 Å². The lowest BCUT2D eigenvalue weighted by Crippen LogP contribution is -2.45. The van der Waals surface area contributed by atoms with Crippen molar-refractivity contribution in [3.05, 3.63) is 0 Å². The first-order valence-electron chi connectivity index (χ1n) is 11.5. The van der Waals surface area contributed by atoms with Crippen molar-refractivity contribution in [3.8, 4) is 0 Å². The zero-order chi connectivity index (χ0) is 25.6. The van der Waals surface area contributed by atoms with Crippen LogP contribution in [-0.4, -0.2) is 53.0 Å². The fraction of sp³-hybridized carbons (Fsp3) is 0.783. The molecule has 0 unspecified atom stereocenters. The number of ketones is 2. The van der Waals surface area contributed by atoms with Crippen LogP contribution in [0, 0.1) is 17.3 Å². The van der Waals surface area contributed by atoms with Crippen LogP contribution in [0.25, 0.3) is 0 Å². The summed E-state index contributed by atoms with van der Waals surface area (Å²) in [6, 6.07) is -1.30. The predicted octanol–water partition coefficient (Wildman–Crippen LogP) is 2.49.